The molecule has 102 valence electrons. The first-order valence-electron chi connectivity index (χ1n) is 6.05. The van der Waals surface area contributed by atoms with Crippen molar-refractivity contribution in [2.45, 2.75) is 19.8 Å². The molecule has 0 aromatic carbocycles. The standard InChI is InChI=1S/C12H16N4O3/c1-2-5-19-6-3-4-14-12-10(8-13)7-11(9-15-12)16(17)18/h7,9H,2-6H2,1H3,(H,14,15). The number of nitro groups is 1. The summed E-state index contributed by atoms with van der Waals surface area (Å²) in [6.07, 6.45) is 2.90. The molecular weight excluding hydrogens is 248 g/mol. The molecule has 0 saturated heterocycles. The molecule has 0 bridgehead atoms. The summed E-state index contributed by atoms with van der Waals surface area (Å²) in [7, 11) is 0. The van der Waals surface area contributed by atoms with E-state index in [1.54, 1.807) is 0 Å². The van der Waals surface area contributed by atoms with Crippen LogP contribution in [0.4, 0.5) is 11.5 Å². The van der Waals surface area contributed by atoms with Gasteiger partial charge in [0.2, 0.25) is 0 Å². The molecule has 0 fully saturated rings. The average molecular weight is 264 g/mol. The van der Waals surface area contributed by atoms with E-state index in [1.165, 1.54) is 6.07 Å². The molecule has 0 aliphatic heterocycles. The molecule has 1 heterocycles. The van der Waals surface area contributed by atoms with Crippen LogP contribution in [-0.2, 0) is 4.74 Å². The zero-order valence-corrected chi connectivity index (χ0v) is 10.8. The molecule has 0 amide bonds. The van der Waals surface area contributed by atoms with Crippen LogP contribution < -0.4 is 5.32 Å². The Morgan fingerprint density at radius 1 is 1.58 bits per heavy atom. The highest BCUT2D eigenvalue weighted by Crippen LogP contribution is 2.17. The summed E-state index contributed by atoms with van der Waals surface area (Å²) in [6, 6.07) is 3.10. The lowest BCUT2D eigenvalue weighted by Crippen LogP contribution is -2.08. The molecule has 0 atom stereocenters. The van der Waals surface area contributed by atoms with Gasteiger partial charge < -0.3 is 10.1 Å². The van der Waals surface area contributed by atoms with Crippen molar-refractivity contribution in [1.29, 1.82) is 5.26 Å². The van der Waals surface area contributed by atoms with Crippen molar-refractivity contribution >= 4 is 11.5 Å². The van der Waals surface area contributed by atoms with Crippen molar-refractivity contribution in [3.63, 3.8) is 0 Å². The summed E-state index contributed by atoms with van der Waals surface area (Å²) >= 11 is 0. The van der Waals surface area contributed by atoms with Gasteiger partial charge in [0.1, 0.15) is 23.6 Å². The number of rotatable bonds is 8. The van der Waals surface area contributed by atoms with Gasteiger partial charge in [-0.05, 0) is 12.8 Å². The van der Waals surface area contributed by atoms with E-state index in [-0.39, 0.29) is 11.3 Å². The quantitative estimate of drug-likeness (QED) is 0.438. The molecule has 19 heavy (non-hydrogen) atoms. The third kappa shape index (κ3) is 4.89. The number of aromatic nitrogens is 1. The van der Waals surface area contributed by atoms with Gasteiger partial charge in [-0.3, -0.25) is 10.1 Å². The minimum absolute atomic E-state index is 0.170. The third-order valence-corrected chi connectivity index (χ3v) is 2.31. The van der Waals surface area contributed by atoms with Gasteiger partial charge in [-0.25, -0.2) is 4.98 Å². The van der Waals surface area contributed by atoms with E-state index in [4.69, 9.17) is 10.00 Å². The SMILES string of the molecule is CCCOCCCNc1ncc([N+](=O)[O-])cc1C#N. The zero-order chi connectivity index (χ0) is 14.1. The van der Waals surface area contributed by atoms with E-state index in [0.717, 1.165) is 25.6 Å². The third-order valence-electron chi connectivity index (χ3n) is 2.31. The highest BCUT2D eigenvalue weighted by atomic mass is 16.6. The van der Waals surface area contributed by atoms with Crippen molar-refractivity contribution in [2.75, 3.05) is 25.1 Å². The van der Waals surface area contributed by atoms with Crippen LogP contribution in [0.2, 0.25) is 0 Å². The maximum atomic E-state index is 10.6. The summed E-state index contributed by atoms with van der Waals surface area (Å²) in [5, 5.41) is 22.5. The van der Waals surface area contributed by atoms with E-state index in [1.807, 2.05) is 13.0 Å². The van der Waals surface area contributed by atoms with Crippen LogP contribution >= 0.6 is 0 Å². The minimum Gasteiger partial charge on any atom is -0.381 e. The fraction of sp³-hybridized carbons (Fsp3) is 0.500. The van der Waals surface area contributed by atoms with E-state index in [0.29, 0.717) is 19.0 Å². The van der Waals surface area contributed by atoms with Gasteiger partial charge in [0.05, 0.1) is 4.92 Å². The number of nitriles is 1. The fourth-order valence-corrected chi connectivity index (χ4v) is 1.41. The Balaban J connectivity index is 2.50. The summed E-state index contributed by atoms with van der Waals surface area (Å²) in [5.74, 6) is 0.364. The van der Waals surface area contributed by atoms with Crippen LogP contribution in [0.5, 0.6) is 0 Å². The van der Waals surface area contributed by atoms with Gasteiger partial charge in [0.25, 0.3) is 5.69 Å². The van der Waals surface area contributed by atoms with Crippen molar-refractivity contribution in [3.8, 4) is 6.07 Å². The van der Waals surface area contributed by atoms with E-state index >= 15 is 0 Å². The van der Waals surface area contributed by atoms with Crippen molar-refractivity contribution in [3.05, 3.63) is 27.9 Å². The molecule has 0 radical (unpaired) electrons. The molecule has 7 nitrogen and oxygen atoms in total. The Morgan fingerprint density at radius 3 is 3.00 bits per heavy atom. The summed E-state index contributed by atoms with van der Waals surface area (Å²) in [6.45, 7) is 4.01. The number of anilines is 1. The Bertz CT molecular complexity index is 471. The first-order valence-corrected chi connectivity index (χ1v) is 6.05. The van der Waals surface area contributed by atoms with Crippen molar-refractivity contribution in [2.24, 2.45) is 0 Å². The van der Waals surface area contributed by atoms with Crippen LogP contribution in [0.25, 0.3) is 0 Å². The number of pyridine rings is 1. The number of hydrogen-bond donors (Lipinski definition) is 1. The van der Waals surface area contributed by atoms with E-state index in [2.05, 4.69) is 10.3 Å². The van der Waals surface area contributed by atoms with Gasteiger partial charge in [0, 0.05) is 25.8 Å². The number of nitrogens with zero attached hydrogens (tertiary/aromatic N) is 3. The number of nitrogens with one attached hydrogen (secondary N) is 1. The molecule has 0 unspecified atom stereocenters. The fourth-order valence-electron chi connectivity index (χ4n) is 1.41. The Kier molecular flexibility index (Phi) is 6.26. The molecule has 0 saturated carbocycles. The second kappa shape index (κ2) is 8.00. The van der Waals surface area contributed by atoms with Crippen LogP contribution in [0.3, 0.4) is 0 Å². The van der Waals surface area contributed by atoms with Gasteiger partial charge in [0.15, 0.2) is 0 Å². The van der Waals surface area contributed by atoms with E-state index in [9.17, 15) is 10.1 Å². The normalized spacial score (nSPS) is 9.89. The molecule has 1 aromatic rings. The summed E-state index contributed by atoms with van der Waals surface area (Å²) in [5.41, 5.74) is -0.0166. The molecule has 0 aliphatic rings. The van der Waals surface area contributed by atoms with Crippen LogP contribution in [0.1, 0.15) is 25.3 Å². The first kappa shape index (κ1) is 14.9. The van der Waals surface area contributed by atoms with Crippen LogP contribution in [0.15, 0.2) is 12.3 Å². The maximum absolute atomic E-state index is 10.6. The molecular formula is C12H16N4O3. The second-order valence-electron chi connectivity index (χ2n) is 3.85. The van der Waals surface area contributed by atoms with Crippen LogP contribution in [-0.4, -0.2) is 29.7 Å². The topological polar surface area (TPSA) is 101 Å². The van der Waals surface area contributed by atoms with Crippen molar-refractivity contribution in [1.82, 2.24) is 4.98 Å². The largest absolute Gasteiger partial charge is 0.381 e. The molecule has 0 spiro atoms. The van der Waals surface area contributed by atoms with Gasteiger partial charge in [-0.2, -0.15) is 5.26 Å². The van der Waals surface area contributed by atoms with Gasteiger partial charge in [-0.1, -0.05) is 6.92 Å². The summed E-state index contributed by atoms with van der Waals surface area (Å²) in [4.78, 5) is 13.9. The lowest BCUT2D eigenvalue weighted by molar-refractivity contribution is -0.385. The molecule has 1 rings (SSSR count). The molecule has 0 aliphatic carbocycles. The molecule has 1 N–H and O–H groups in total. The molecule has 7 heteroatoms. The Labute approximate surface area is 111 Å². The van der Waals surface area contributed by atoms with Gasteiger partial charge in [-0.15, -0.1) is 0 Å². The number of ether oxygens (including phenoxy) is 1. The zero-order valence-electron chi connectivity index (χ0n) is 10.8. The lowest BCUT2D eigenvalue weighted by Gasteiger charge is -2.07. The highest BCUT2D eigenvalue weighted by Gasteiger charge is 2.11. The van der Waals surface area contributed by atoms with Gasteiger partial charge >= 0.3 is 0 Å². The minimum atomic E-state index is -0.573. The first-order chi connectivity index (χ1) is 9.19. The Morgan fingerprint density at radius 2 is 2.37 bits per heavy atom. The van der Waals surface area contributed by atoms with Crippen LogP contribution in [0, 0.1) is 21.4 Å². The smallest absolute Gasteiger partial charge is 0.289 e. The average Bonchev–Trinajstić information content (AvgIpc) is 2.42. The van der Waals surface area contributed by atoms with Crippen molar-refractivity contribution < 1.29 is 9.66 Å². The summed E-state index contributed by atoms with van der Waals surface area (Å²) < 4.78 is 5.31. The monoisotopic (exact) mass is 264 g/mol. The predicted octanol–water partition coefficient (Wildman–Crippen LogP) is 2.09. The van der Waals surface area contributed by atoms with E-state index < -0.39 is 4.92 Å². The maximum Gasteiger partial charge on any atom is 0.289 e. The Hall–Kier alpha value is -2.20. The number of hydrogen-bond acceptors (Lipinski definition) is 6. The predicted molar refractivity (Wildman–Crippen MR) is 69.8 cm³/mol. The second-order valence-corrected chi connectivity index (χ2v) is 3.85. The molecule has 1 aromatic heterocycles. The lowest BCUT2D eigenvalue weighted by atomic mass is 10.2. The highest BCUT2D eigenvalue weighted by molar-refractivity contribution is 5.55.